The van der Waals surface area contributed by atoms with Crippen molar-refractivity contribution in [2.24, 2.45) is 5.10 Å². The molecular weight excluding hydrogens is 341 g/mol. The molecule has 0 fully saturated rings. The van der Waals surface area contributed by atoms with Crippen molar-refractivity contribution >= 4 is 27.5 Å². The van der Waals surface area contributed by atoms with Crippen molar-refractivity contribution in [3.63, 3.8) is 0 Å². The maximum absolute atomic E-state index is 13.0. The van der Waals surface area contributed by atoms with Crippen molar-refractivity contribution in [1.29, 1.82) is 0 Å². The van der Waals surface area contributed by atoms with Gasteiger partial charge in [0.2, 0.25) is 0 Å². The van der Waals surface area contributed by atoms with E-state index in [1.54, 1.807) is 6.07 Å². The van der Waals surface area contributed by atoms with Crippen molar-refractivity contribution in [2.75, 3.05) is 0 Å². The van der Waals surface area contributed by atoms with Crippen molar-refractivity contribution in [3.05, 3.63) is 34.3 Å². The summed E-state index contributed by atoms with van der Waals surface area (Å²) in [7, 11) is 0. The standard InChI is InChI=1S/C12H10BrF3N2O2/c1-7-6-11(20,12(14,15)16)18(17-7)10(19)8-4-2-3-5-9(8)13/h2-5,20H,6H2,1H3. The molecule has 1 aromatic carbocycles. The first-order valence-corrected chi connectivity index (χ1v) is 6.38. The number of nitrogens with zero attached hydrogens (tertiary/aromatic N) is 2. The van der Waals surface area contributed by atoms with Crippen LogP contribution in [0.15, 0.2) is 33.8 Å². The molecule has 1 N–H and O–H groups in total. The number of amides is 1. The van der Waals surface area contributed by atoms with Gasteiger partial charge in [0.25, 0.3) is 11.6 Å². The molecule has 1 amide bonds. The van der Waals surface area contributed by atoms with E-state index < -0.39 is 24.2 Å². The molecule has 0 aromatic heterocycles. The van der Waals surface area contributed by atoms with E-state index in [9.17, 15) is 23.1 Å². The predicted octanol–water partition coefficient (Wildman–Crippen LogP) is 2.92. The first-order valence-electron chi connectivity index (χ1n) is 5.59. The van der Waals surface area contributed by atoms with E-state index in [4.69, 9.17) is 0 Å². The lowest BCUT2D eigenvalue weighted by molar-refractivity contribution is -0.297. The Morgan fingerprint density at radius 2 is 2.05 bits per heavy atom. The number of carbonyl (C=O) groups is 1. The summed E-state index contributed by atoms with van der Waals surface area (Å²) in [5.41, 5.74) is -3.28. The molecular formula is C12H10BrF3N2O2. The molecule has 1 unspecified atom stereocenters. The van der Waals surface area contributed by atoms with Crippen LogP contribution in [0.5, 0.6) is 0 Å². The van der Waals surface area contributed by atoms with E-state index in [1.165, 1.54) is 25.1 Å². The second kappa shape index (κ2) is 4.85. The molecule has 108 valence electrons. The van der Waals surface area contributed by atoms with Gasteiger partial charge < -0.3 is 5.11 Å². The summed E-state index contributed by atoms with van der Waals surface area (Å²) in [6, 6.07) is 6.01. The molecule has 0 aliphatic carbocycles. The molecule has 1 aliphatic rings. The molecule has 4 nitrogen and oxygen atoms in total. The summed E-state index contributed by atoms with van der Waals surface area (Å²) < 4.78 is 39.4. The monoisotopic (exact) mass is 350 g/mol. The summed E-state index contributed by atoms with van der Waals surface area (Å²) in [6.45, 7) is 1.32. The molecule has 0 spiro atoms. The molecule has 8 heteroatoms. The smallest absolute Gasteiger partial charge is 0.362 e. The highest BCUT2D eigenvalue weighted by Gasteiger charge is 2.62. The molecule has 0 saturated carbocycles. The SMILES string of the molecule is CC1=NN(C(=O)c2ccccc2Br)C(O)(C(F)(F)F)C1. The lowest BCUT2D eigenvalue weighted by Gasteiger charge is -2.32. The van der Waals surface area contributed by atoms with Gasteiger partial charge in [0.15, 0.2) is 0 Å². The van der Waals surface area contributed by atoms with Gasteiger partial charge in [-0.3, -0.25) is 4.79 Å². The van der Waals surface area contributed by atoms with E-state index >= 15 is 0 Å². The first-order chi connectivity index (χ1) is 9.17. The fourth-order valence-electron chi connectivity index (χ4n) is 1.90. The maximum atomic E-state index is 13.0. The number of benzene rings is 1. The Labute approximate surface area is 121 Å². The molecule has 0 saturated heterocycles. The van der Waals surface area contributed by atoms with Crippen molar-refractivity contribution in [1.82, 2.24) is 5.01 Å². The Hall–Kier alpha value is -1.41. The van der Waals surface area contributed by atoms with Crippen LogP contribution in [-0.2, 0) is 0 Å². The minimum absolute atomic E-state index is 0.00590. The highest BCUT2D eigenvalue weighted by Crippen LogP contribution is 2.41. The van der Waals surface area contributed by atoms with Crippen molar-refractivity contribution in [3.8, 4) is 0 Å². The lowest BCUT2D eigenvalue weighted by Crippen LogP contribution is -2.56. The topological polar surface area (TPSA) is 52.9 Å². The van der Waals surface area contributed by atoms with Crippen LogP contribution in [-0.4, -0.2) is 33.6 Å². The van der Waals surface area contributed by atoms with Crippen molar-refractivity contribution in [2.45, 2.75) is 25.2 Å². The fraction of sp³-hybridized carbons (Fsp3) is 0.333. The Morgan fingerprint density at radius 1 is 1.45 bits per heavy atom. The van der Waals surface area contributed by atoms with E-state index in [0.29, 0.717) is 4.47 Å². The molecule has 1 aliphatic heterocycles. The number of hydrogen-bond donors (Lipinski definition) is 1. The van der Waals surface area contributed by atoms with Gasteiger partial charge in [0.1, 0.15) is 0 Å². The molecule has 1 atom stereocenters. The molecule has 0 bridgehead atoms. The number of rotatable bonds is 1. The highest BCUT2D eigenvalue weighted by atomic mass is 79.9. The lowest BCUT2D eigenvalue weighted by atomic mass is 10.1. The van der Waals surface area contributed by atoms with E-state index in [1.807, 2.05) is 0 Å². The van der Waals surface area contributed by atoms with E-state index in [0.717, 1.165) is 0 Å². The largest absolute Gasteiger partial charge is 0.438 e. The van der Waals surface area contributed by atoms with Gasteiger partial charge in [-0.05, 0) is 35.0 Å². The van der Waals surface area contributed by atoms with Crippen LogP contribution >= 0.6 is 15.9 Å². The van der Waals surface area contributed by atoms with Gasteiger partial charge in [-0.25, -0.2) is 0 Å². The van der Waals surface area contributed by atoms with Crippen LogP contribution < -0.4 is 0 Å². The molecule has 20 heavy (non-hydrogen) atoms. The normalized spacial score (nSPS) is 22.9. The van der Waals surface area contributed by atoms with Crippen LogP contribution in [0.1, 0.15) is 23.7 Å². The fourth-order valence-corrected chi connectivity index (χ4v) is 2.36. The third-order valence-electron chi connectivity index (χ3n) is 2.87. The first kappa shape index (κ1) is 15.0. The number of aliphatic hydroxyl groups is 1. The zero-order valence-corrected chi connectivity index (χ0v) is 11.9. The summed E-state index contributed by atoms with van der Waals surface area (Å²) in [6.07, 6.45) is -5.75. The van der Waals surface area contributed by atoms with Gasteiger partial charge in [0.05, 0.1) is 5.56 Å². The average Bonchev–Trinajstić information content (AvgIpc) is 2.65. The zero-order valence-electron chi connectivity index (χ0n) is 10.3. The third-order valence-corrected chi connectivity index (χ3v) is 3.57. The number of alkyl halides is 3. The highest BCUT2D eigenvalue weighted by molar-refractivity contribution is 9.10. The summed E-state index contributed by atoms with van der Waals surface area (Å²) in [4.78, 5) is 12.2. The Balaban J connectivity index is 2.45. The molecule has 2 rings (SSSR count). The quantitative estimate of drug-likeness (QED) is 0.846. The Kier molecular flexibility index (Phi) is 3.64. The Morgan fingerprint density at radius 3 is 2.60 bits per heavy atom. The molecule has 0 radical (unpaired) electrons. The van der Waals surface area contributed by atoms with Gasteiger partial charge >= 0.3 is 6.18 Å². The van der Waals surface area contributed by atoms with Crippen LogP contribution in [0.3, 0.4) is 0 Å². The second-order valence-corrected chi connectivity index (χ2v) is 5.28. The minimum atomic E-state index is -4.99. The predicted molar refractivity (Wildman–Crippen MR) is 69.0 cm³/mol. The molecule has 1 heterocycles. The number of hydrazone groups is 1. The summed E-state index contributed by atoms with van der Waals surface area (Å²) >= 11 is 3.09. The number of hydrogen-bond acceptors (Lipinski definition) is 3. The van der Waals surface area contributed by atoms with Crippen molar-refractivity contribution < 1.29 is 23.1 Å². The third kappa shape index (κ3) is 2.33. The molecule has 1 aromatic rings. The van der Waals surface area contributed by atoms with Gasteiger partial charge in [-0.15, -0.1) is 0 Å². The van der Waals surface area contributed by atoms with Gasteiger partial charge in [-0.2, -0.15) is 23.3 Å². The summed E-state index contributed by atoms with van der Waals surface area (Å²) in [5, 5.41) is 13.5. The van der Waals surface area contributed by atoms with Crippen LogP contribution in [0.2, 0.25) is 0 Å². The maximum Gasteiger partial charge on any atom is 0.438 e. The number of halogens is 4. The Bertz CT molecular complexity index is 588. The van der Waals surface area contributed by atoms with E-state index in [-0.39, 0.29) is 16.3 Å². The van der Waals surface area contributed by atoms with Gasteiger partial charge in [0, 0.05) is 16.6 Å². The zero-order chi connectivity index (χ0) is 15.1. The van der Waals surface area contributed by atoms with Crippen LogP contribution in [0, 0.1) is 0 Å². The van der Waals surface area contributed by atoms with Crippen LogP contribution in [0.25, 0.3) is 0 Å². The number of carbonyl (C=O) groups excluding carboxylic acids is 1. The summed E-state index contributed by atoms with van der Waals surface area (Å²) in [5.74, 6) is -1.02. The van der Waals surface area contributed by atoms with E-state index in [2.05, 4.69) is 21.0 Å². The van der Waals surface area contributed by atoms with Crippen LogP contribution in [0.4, 0.5) is 13.2 Å². The second-order valence-electron chi connectivity index (χ2n) is 4.42. The average molecular weight is 351 g/mol. The minimum Gasteiger partial charge on any atom is -0.362 e. The van der Waals surface area contributed by atoms with Gasteiger partial charge in [-0.1, -0.05) is 12.1 Å².